The van der Waals surface area contributed by atoms with Gasteiger partial charge in [0.15, 0.2) is 0 Å². The van der Waals surface area contributed by atoms with E-state index in [0.29, 0.717) is 6.54 Å². The number of ether oxygens (including phenoxy) is 1. The number of hydrogen-bond donors (Lipinski definition) is 3. The number of hydrogen-bond acceptors (Lipinski definition) is 5. The molecule has 0 atom stereocenters. The van der Waals surface area contributed by atoms with Crippen molar-refractivity contribution in [3.05, 3.63) is 0 Å². The van der Waals surface area contributed by atoms with Crippen LogP contribution in [0.15, 0.2) is 0 Å². The Morgan fingerprint density at radius 3 is 2.48 bits per heavy atom. The number of nitrogens with zero attached hydrogens (tertiary/aromatic N) is 1. The Kier molecular flexibility index (Phi) is 5.55. The van der Waals surface area contributed by atoms with E-state index in [2.05, 4.69) is 20.9 Å². The SMILES string of the molecule is CNC(=O)CN1CCC(NC(=O)COC2(C)CNC2)CC1. The average molecular weight is 298 g/mol. The Morgan fingerprint density at radius 2 is 1.95 bits per heavy atom. The first kappa shape index (κ1) is 16.2. The second kappa shape index (κ2) is 7.20. The molecule has 2 aliphatic rings. The summed E-state index contributed by atoms with van der Waals surface area (Å²) < 4.78 is 5.62. The molecule has 0 bridgehead atoms. The van der Waals surface area contributed by atoms with Gasteiger partial charge < -0.3 is 20.7 Å². The minimum atomic E-state index is -0.186. The van der Waals surface area contributed by atoms with Crippen LogP contribution in [0.5, 0.6) is 0 Å². The third-order valence-corrected chi connectivity index (χ3v) is 4.15. The monoisotopic (exact) mass is 298 g/mol. The van der Waals surface area contributed by atoms with Gasteiger partial charge in [0.25, 0.3) is 0 Å². The van der Waals surface area contributed by atoms with E-state index in [1.54, 1.807) is 7.05 Å². The lowest BCUT2D eigenvalue weighted by atomic mass is 10.0. The lowest BCUT2D eigenvalue weighted by Crippen LogP contribution is -2.60. The highest BCUT2D eigenvalue weighted by Gasteiger charge is 2.33. The van der Waals surface area contributed by atoms with Gasteiger partial charge in [-0.15, -0.1) is 0 Å². The average Bonchev–Trinajstić information content (AvgIpc) is 2.45. The van der Waals surface area contributed by atoms with Gasteiger partial charge in [-0.05, 0) is 19.8 Å². The fourth-order valence-electron chi connectivity index (χ4n) is 2.61. The number of amides is 2. The Balaban J connectivity index is 1.61. The first-order valence-corrected chi connectivity index (χ1v) is 7.58. The predicted octanol–water partition coefficient (Wildman–Crippen LogP) is -1.31. The Hall–Kier alpha value is -1.18. The zero-order valence-electron chi connectivity index (χ0n) is 12.9. The largest absolute Gasteiger partial charge is 0.363 e. The van der Waals surface area contributed by atoms with E-state index in [-0.39, 0.29) is 30.1 Å². The fraction of sp³-hybridized carbons (Fsp3) is 0.857. The quantitative estimate of drug-likeness (QED) is 0.567. The molecule has 2 fully saturated rings. The van der Waals surface area contributed by atoms with Gasteiger partial charge in [0, 0.05) is 39.3 Å². The number of rotatable bonds is 6. The van der Waals surface area contributed by atoms with Crippen molar-refractivity contribution in [3.8, 4) is 0 Å². The van der Waals surface area contributed by atoms with Gasteiger partial charge in [0.05, 0.1) is 12.1 Å². The van der Waals surface area contributed by atoms with Gasteiger partial charge in [0.1, 0.15) is 6.61 Å². The lowest BCUT2D eigenvalue weighted by Gasteiger charge is -2.39. The van der Waals surface area contributed by atoms with Crippen molar-refractivity contribution < 1.29 is 14.3 Å². The first-order valence-electron chi connectivity index (χ1n) is 7.58. The molecule has 7 nitrogen and oxygen atoms in total. The second-order valence-corrected chi connectivity index (χ2v) is 6.13. The van der Waals surface area contributed by atoms with Crippen LogP contribution in [0, 0.1) is 0 Å². The van der Waals surface area contributed by atoms with Gasteiger partial charge in [-0.3, -0.25) is 14.5 Å². The Bertz CT molecular complexity index is 376. The summed E-state index contributed by atoms with van der Waals surface area (Å²) in [5, 5.41) is 8.78. The van der Waals surface area contributed by atoms with Crippen molar-refractivity contribution >= 4 is 11.8 Å². The third-order valence-electron chi connectivity index (χ3n) is 4.15. The molecule has 0 aromatic rings. The van der Waals surface area contributed by atoms with Crippen molar-refractivity contribution in [1.82, 2.24) is 20.9 Å². The second-order valence-electron chi connectivity index (χ2n) is 6.13. The van der Waals surface area contributed by atoms with E-state index in [1.165, 1.54) is 0 Å². The molecule has 21 heavy (non-hydrogen) atoms. The number of carbonyl (C=O) groups is 2. The minimum absolute atomic E-state index is 0.0354. The normalized spacial score (nSPS) is 22.4. The lowest BCUT2D eigenvalue weighted by molar-refractivity contribution is -0.137. The van der Waals surface area contributed by atoms with Crippen LogP contribution < -0.4 is 16.0 Å². The van der Waals surface area contributed by atoms with Gasteiger partial charge in [-0.2, -0.15) is 0 Å². The van der Waals surface area contributed by atoms with Crippen LogP contribution in [0.2, 0.25) is 0 Å². The van der Waals surface area contributed by atoms with Crippen molar-refractivity contribution in [2.45, 2.75) is 31.4 Å². The predicted molar refractivity (Wildman–Crippen MR) is 78.9 cm³/mol. The summed E-state index contributed by atoms with van der Waals surface area (Å²) in [5.41, 5.74) is -0.186. The minimum Gasteiger partial charge on any atom is -0.363 e. The van der Waals surface area contributed by atoms with Crippen molar-refractivity contribution in [3.63, 3.8) is 0 Å². The molecule has 2 saturated heterocycles. The number of likely N-dealkylation sites (N-methyl/N-ethyl adjacent to an activating group) is 1. The summed E-state index contributed by atoms with van der Waals surface area (Å²) in [6, 6.07) is 0.189. The Morgan fingerprint density at radius 1 is 1.29 bits per heavy atom. The molecular weight excluding hydrogens is 272 g/mol. The van der Waals surface area contributed by atoms with E-state index in [9.17, 15) is 9.59 Å². The van der Waals surface area contributed by atoms with Crippen LogP contribution in [-0.2, 0) is 14.3 Å². The number of nitrogens with one attached hydrogen (secondary N) is 3. The summed E-state index contributed by atoms with van der Waals surface area (Å²) in [7, 11) is 1.65. The van der Waals surface area contributed by atoms with E-state index in [0.717, 1.165) is 39.0 Å². The number of carbonyl (C=O) groups excluding carboxylic acids is 2. The van der Waals surface area contributed by atoms with Crippen molar-refractivity contribution in [2.75, 3.05) is 46.4 Å². The fourth-order valence-corrected chi connectivity index (χ4v) is 2.61. The van der Waals surface area contributed by atoms with Crippen LogP contribution in [-0.4, -0.2) is 74.7 Å². The van der Waals surface area contributed by atoms with Crippen LogP contribution >= 0.6 is 0 Å². The zero-order chi connectivity index (χ0) is 15.3. The molecule has 0 radical (unpaired) electrons. The molecule has 3 N–H and O–H groups in total. The smallest absolute Gasteiger partial charge is 0.246 e. The zero-order valence-corrected chi connectivity index (χ0v) is 12.9. The van der Waals surface area contributed by atoms with E-state index < -0.39 is 0 Å². The maximum atomic E-state index is 11.9. The molecule has 2 aliphatic heterocycles. The summed E-state index contributed by atoms with van der Waals surface area (Å²) in [6.45, 7) is 5.84. The summed E-state index contributed by atoms with van der Waals surface area (Å²) in [5.74, 6) is -0.0129. The highest BCUT2D eigenvalue weighted by molar-refractivity contribution is 5.78. The molecule has 2 rings (SSSR count). The van der Waals surface area contributed by atoms with E-state index in [1.807, 2.05) is 6.92 Å². The topological polar surface area (TPSA) is 82.7 Å². The standard InChI is InChI=1S/C14H26N4O3/c1-14(9-16-10-14)21-8-13(20)17-11-3-5-18(6-4-11)7-12(19)15-2/h11,16H,3-10H2,1-2H3,(H,15,19)(H,17,20). The van der Waals surface area contributed by atoms with Crippen LogP contribution in [0.4, 0.5) is 0 Å². The molecular formula is C14H26N4O3. The van der Waals surface area contributed by atoms with Gasteiger partial charge in [0.2, 0.25) is 11.8 Å². The molecule has 0 saturated carbocycles. The number of likely N-dealkylation sites (tertiary alicyclic amines) is 1. The van der Waals surface area contributed by atoms with Crippen LogP contribution in [0.1, 0.15) is 19.8 Å². The third kappa shape index (κ3) is 4.94. The highest BCUT2D eigenvalue weighted by atomic mass is 16.5. The van der Waals surface area contributed by atoms with Crippen molar-refractivity contribution in [2.24, 2.45) is 0 Å². The molecule has 2 amide bonds. The number of piperidine rings is 1. The summed E-state index contributed by atoms with van der Waals surface area (Å²) >= 11 is 0. The molecule has 2 heterocycles. The summed E-state index contributed by atoms with van der Waals surface area (Å²) in [6.07, 6.45) is 1.75. The van der Waals surface area contributed by atoms with E-state index >= 15 is 0 Å². The van der Waals surface area contributed by atoms with E-state index in [4.69, 9.17) is 4.74 Å². The van der Waals surface area contributed by atoms with Crippen LogP contribution in [0.3, 0.4) is 0 Å². The van der Waals surface area contributed by atoms with Gasteiger partial charge >= 0.3 is 0 Å². The van der Waals surface area contributed by atoms with Gasteiger partial charge in [-0.1, -0.05) is 0 Å². The van der Waals surface area contributed by atoms with Crippen molar-refractivity contribution in [1.29, 1.82) is 0 Å². The van der Waals surface area contributed by atoms with Crippen LogP contribution in [0.25, 0.3) is 0 Å². The molecule has 7 heteroatoms. The molecule has 0 aliphatic carbocycles. The first-order chi connectivity index (χ1) is 10.0. The molecule has 0 aromatic heterocycles. The molecule has 0 spiro atoms. The molecule has 120 valence electrons. The maximum absolute atomic E-state index is 11.9. The molecule has 0 aromatic carbocycles. The highest BCUT2D eigenvalue weighted by Crippen LogP contribution is 2.15. The summed E-state index contributed by atoms with van der Waals surface area (Å²) in [4.78, 5) is 25.3. The Labute approximate surface area is 125 Å². The maximum Gasteiger partial charge on any atom is 0.246 e. The molecule has 0 unspecified atom stereocenters. The van der Waals surface area contributed by atoms with Gasteiger partial charge in [-0.25, -0.2) is 0 Å².